The Bertz CT molecular complexity index is 778. The second-order valence-corrected chi connectivity index (χ2v) is 9.96. The Morgan fingerprint density at radius 3 is 2.12 bits per heavy atom. The highest BCUT2D eigenvalue weighted by molar-refractivity contribution is 5.59. The van der Waals surface area contributed by atoms with Gasteiger partial charge >= 0.3 is 0 Å². The van der Waals surface area contributed by atoms with E-state index in [2.05, 4.69) is 30.1 Å². The van der Waals surface area contributed by atoms with Gasteiger partial charge in [-0.3, -0.25) is 0 Å². The molecule has 176 valence electrons. The van der Waals surface area contributed by atoms with Crippen LogP contribution in [0.4, 0.5) is 4.39 Å². The minimum Gasteiger partial charge on any atom is -0.206 e. The van der Waals surface area contributed by atoms with Crippen LogP contribution in [-0.4, -0.2) is 10.2 Å². The first-order valence-electron chi connectivity index (χ1n) is 13.3. The predicted octanol–water partition coefficient (Wildman–Crippen LogP) is 8.72. The van der Waals surface area contributed by atoms with Crippen molar-refractivity contribution in [2.75, 3.05) is 0 Å². The molecule has 0 aliphatic heterocycles. The van der Waals surface area contributed by atoms with Gasteiger partial charge in [-0.15, -0.1) is 0 Å². The van der Waals surface area contributed by atoms with Crippen LogP contribution in [0.15, 0.2) is 30.3 Å². The van der Waals surface area contributed by atoms with Crippen molar-refractivity contribution >= 4 is 0 Å². The van der Waals surface area contributed by atoms with E-state index < -0.39 is 0 Å². The van der Waals surface area contributed by atoms with E-state index in [0.29, 0.717) is 11.3 Å². The van der Waals surface area contributed by atoms with Crippen molar-refractivity contribution < 1.29 is 4.39 Å². The average Bonchev–Trinajstić information content (AvgIpc) is 2.82. The summed E-state index contributed by atoms with van der Waals surface area (Å²) in [5.74, 6) is 1.60. The number of benzene rings is 1. The summed E-state index contributed by atoms with van der Waals surface area (Å²) in [5, 5.41) is 8.59. The maximum absolute atomic E-state index is 14.8. The van der Waals surface area contributed by atoms with Crippen LogP contribution in [-0.2, 0) is 12.8 Å². The lowest BCUT2D eigenvalue weighted by Gasteiger charge is -2.28. The highest BCUT2D eigenvalue weighted by atomic mass is 19.1. The number of halogens is 1. The second-order valence-electron chi connectivity index (χ2n) is 9.96. The standard InChI is InChI=1S/C29H43FN2/c1-3-5-7-9-10-23-12-14-24(15-13-23)16-17-25-18-20-27(28(30)22-25)29-21-19-26(31-32-29)11-8-6-4-2/h18-24H,3-17H2,1-2H3. The fraction of sp³-hybridized carbons (Fsp3) is 0.655. The van der Waals surface area contributed by atoms with Crippen molar-refractivity contribution in [3.8, 4) is 11.3 Å². The van der Waals surface area contributed by atoms with Gasteiger partial charge in [0.25, 0.3) is 0 Å². The second kappa shape index (κ2) is 13.7. The molecular weight excluding hydrogens is 395 g/mol. The van der Waals surface area contributed by atoms with E-state index in [1.54, 1.807) is 6.07 Å². The first-order valence-corrected chi connectivity index (χ1v) is 13.3. The van der Waals surface area contributed by atoms with Gasteiger partial charge < -0.3 is 0 Å². The summed E-state index contributed by atoms with van der Waals surface area (Å²) >= 11 is 0. The van der Waals surface area contributed by atoms with E-state index in [1.807, 2.05) is 18.2 Å². The van der Waals surface area contributed by atoms with Gasteiger partial charge in [-0.25, -0.2) is 4.39 Å². The highest BCUT2D eigenvalue weighted by Crippen LogP contribution is 2.34. The van der Waals surface area contributed by atoms with Crippen LogP contribution in [0, 0.1) is 17.7 Å². The van der Waals surface area contributed by atoms with Gasteiger partial charge in [0.15, 0.2) is 0 Å². The minimum absolute atomic E-state index is 0.175. The van der Waals surface area contributed by atoms with Crippen LogP contribution >= 0.6 is 0 Å². The van der Waals surface area contributed by atoms with Gasteiger partial charge in [-0.2, -0.15) is 10.2 Å². The Morgan fingerprint density at radius 2 is 1.47 bits per heavy atom. The lowest BCUT2D eigenvalue weighted by Crippen LogP contribution is -2.15. The summed E-state index contributed by atoms with van der Waals surface area (Å²) in [6.45, 7) is 4.48. The number of aryl methyl sites for hydroxylation is 2. The molecule has 0 atom stereocenters. The zero-order valence-corrected chi connectivity index (χ0v) is 20.4. The third kappa shape index (κ3) is 7.98. The molecule has 0 unspecified atom stereocenters. The number of unbranched alkanes of at least 4 members (excludes halogenated alkanes) is 5. The molecule has 0 amide bonds. The van der Waals surface area contributed by atoms with Crippen LogP contribution in [0.1, 0.15) is 109 Å². The first-order chi connectivity index (χ1) is 15.7. The largest absolute Gasteiger partial charge is 0.206 e. The number of hydrogen-bond acceptors (Lipinski definition) is 2. The van der Waals surface area contributed by atoms with E-state index in [9.17, 15) is 4.39 Å². The van der Waals surface area contributed by atoms with Crippen molar-refractivity contribution in [2.45, 2.75) is 110 Å². The van der Waals surface area contributed by atoms with Gasteiger partial charge in [0.05, 0.1) is 11.4 Å². The normalized spacial score (nSPS) is 18.7. The first kappa shape index (κ1) is 24.9. The smallest absolute Gasteiger partial charge is 0.132 e. The SMILES string of the molecule is CCCCCCC1CCC(CCc2ccc(-c3ccc(CCCCC)nn3)c(F)c2)CC1. The lowest BCUT2D eigenvalue weighted by molar-refractivity contribution is 0.249. The molecule has 0 N–H and O–H groups in total. The quantitative estimate of drug-likeness (QED) is 0.292. The van der Waals surface area contributed by atoms with Crippen LogP contribution in [0.5, 0.6) is 0 Å². The third-order valence-electron chi connectivity index (χ3n) is 7.34. The van der Waals surface area contributed by atoms with Gasteiger partial charge in [-0.1, -0.05) is 90.5 Å². The van der Waals surface area contributed by atoms with Gasteiger partial charge in [0, 0.05) is 5.56 Å². The van der Waals surface area contributed by atoms with Gasteiger partial charge in [0.1, 0.15) is 5.82 Å². The summed E-state index contributed by atoms with van der Waals surface area (Å²) < 4.78 is 14.8. The number of aromatic nitrogens is 2. The summed E-state index contributed by atoms with van der Waals surface area (Å²) in [5.41, 5.74) is 3.29. The van der Waals surface area contributed by atoms with Crippen LogP contribution < -0.4 is 0 Å². The molecule has 2 nitrogen and oxygen atoms in total. The van der Waals surface area contributed by atoms with Crippen molar-refractivity contribution in [3.05, 3.63) is 47.4 Å². The Morgan fingerprint density at radius 1 is 0.750 bits per heavy atom. The monoisotopic (exact) mass is 438 g/mol. The predicted molar refractivity (Wildman–Crippen MR) is 133 cm³/mol. The number of rotatable bonds is 13. The van der Waals surface area contributed by atoms with Crippen molar-refractivity contribution in [1.82, 2.24) is 10.2 Å². The summed E-state index contributed by atoms with van der Waals surface area (Å²) in [6.07, 6.45) is 19.1. The molecule has 1 aromatic heterocycles. The van der Waals surface area contributed by atoms with Crippen molar-refractivity contribution in [1.29, 1.82) is 0 Å². The van der Waals surface area contributed by atoms with E-state index in [1.165, 1.54) is 77.0 Å². The molecule has 1 aromatic carbocycles. The van der Waals surface area contributed by atoms with E-state index in [0.717, 1.165) is 42.4 Å². The van der Waals surface area contributed by atoms with Crippen molar-refractivity contribution in [3.63, 3.8) is 0 Å². The molecule has 2 aromatic rings. The van der Waals surface area contributed by atoms with E-state index in [-0.39, 0.29) is 5.82 Å². The maximum atomic E-state index is 14.8. The number of hydrogen-bond donors (Lipinski definition) is 0. The molecule has 32 heavy (non-hydrogen) atoms. The van der Waals surface area contributed by atoms with Gasteiger partial charge in [0.2, 0.25) is 0 Å². The zero-order valence-electron chi connectivity index (χ0n) is 20.4. The van der Waals surface area contributed by atoms with Crippen molar-refractivity contribution in [2.24, 2.45) is 11.8 Å². The van der Waals surface area contributed by atoms with Crippen LogP contribution in [0.3, 0.4) is 0 Å². The molecule has 1 heterocycles. The molecule has 0 radical (unpaired) electrons. The van der Waals surface area contributed by atoms with Crippen LogP contribution in [0.2, 0.25) is 0 Å². The molecule has 3 rings (SSSR count). The molecule has 3 heteroatoms. The summed E-state index contributed by atoms with van der Waals surface area (Å²) in [6, 6.07) is 9.58. The summed E-state index contributed by atoms with van der Waals surface area (Å²) in [4.78, 5) is 0. The molecular formula is C29H43FN2. The molecule has 1 aliphatic carbocycles. The number of nitrogens with zero attached hydrogens (tertiary/aromatic N) is 2. The molecule has 0 saturated heterocycles. The van der Waals surface area contributed by atoms with Crippen LogP contribution in [0.25, 0.3) is 11.3 Å². The Labute approximate surface area is 195 Å². The van der Waals surface area contributed by atoms with E-state index >= 15 is 0 Å². The minimum atomic E-state index is -0.175. The molecule has 0 bridgehead atoms. The Hall–Kier alpha value is -1.77. The maximum Gasteiger partial charge on any atom is 0.132 e. The molecule has 1 fully saturated rings. The third-order valence-corrected chi connectivity index (χ3v) is 7.34. The zero-order chi connectivity index (χ0) is 22.6. The fourth-order valence-electron chi connectivity index (χ4n) is 5.15. The Kier molecular flexibility index (Phi) is 10.6. The summed E-state index contributed by atoms with van der Waals surface area (Å²) in [7, 11) is 0. The van der Waals surface area contributed by atoms with Gasteiger partial charge in [-0.05, 0) is 67.3 Å². The highest BCUT2D eigenvalue weighted by Gasteiger charge is 2.21. The molecule has 0 spiro atoms. The average molecular weight is 439 g/mol. The fourth-order valence-corrected chi connectivity index (χ4v) is 5.15. The molecule has 1 aliphatic rings. The lowest BCUT2D eigenvalue weighted by atomic mass is 9.77. The van der Waals surface area contributed by atoms with E-state index in [4.69, 9.17) is 0 Å². The topological polar surface area (TPSA) is 25.8 Å². The molecule has 1 saturated carbocycles. The Balaban J connectivity index is 1.44.